The van der Waals surface area contributed by atoms with Gasteiger partial charge >= 0.3 is 0 Å². The van der Waals surface area contributed by atoms with E-state index in [9.17, 15) is 0 Å². The molecule has 0 spiro atoms. The molecule has 2 rings (SSSR count). The SMILES string of the molecule is COCCNCC1CCCN1c1ncncc1Br. The minimum atomic E-state index is 0.507. The number of methoxy groups -OCH3 is 1. The quantitative estimate of drug-likeness (QED) is 0.805. The number of ether oxygens (including phenoxy) is 1. The van der Waals surface area contributed by atoms with Crippen LogP contribution in [0.3, 0.4) is 0 Å². The zero-order valence-corrected chi connectivity index (χ0v) is 12.2. The summed E-state index contributed by atoms with van der Waals surface area (Å²) in [5.41, 5.74) is 0. The molecule has 0 radical (unpaired) electrons. The number of aromatic nitrogens is 2. The molecule has 100 valence electrons. The van der Waals surface area contributed by atoms with Crippen molar-refractivity contribution in [2.75, 3.05) is 38.3 Å². The van der Waals surface area contributed by atoms with Gasteiger partial charge in [0.15, 0.2) is 0 Å². The van der Waals surface area contributed by atoms with Crippen molar-refractivity contribution >= 4 is 21.7 Å². The zero-order chi connectivity index (χ0) is 12.8. The van der Waals surface area contributed by atoms with Gasteiger partial charge in [0, 0.05) is 39.0 Å². The number of hydrogen-bond donors (Lipinski definition) is 1. The summed E-state index contributed by atoms with van der Waals surface area (Å²) in [5, 5.41) is 3.42. The molecule has 1 aliphatic heterocycles. The molecule has 0 amide bonds. The summed E-state index contributed by atoms with van der Waals surface area (Å²) < 4.78 is 6.00. The normalized spacial score (nSPS) is 19.4. The minimum absolute atomic E-state index is 0.507. The van der Waals surface area contributed by atoms with E-state index in [4.69, 9.17) is 4.74 Å². The lowest BCUT2D eigenvalue weighted by Crippen LogP contribution is -2.39. The van der Waals surface area contributed by atoms with Crippen molar-refractivity contribution in [3.8, 4) is 0 Å². The van der Waals surface area contributed by atoms with Gasteiger partial charge in [0.1, 0.15) is 12.1 Å². The van der Waals surface area contributed by atoms with E-state index >= 15 is 0 Å². The third-order valence-corrected chi connectivity index (χ3v) is 3.72. The van der Waals surface area contributed by atoms with Crippen LogP contribution >= 0.6 is 15.9 Å². The molecule has 1 aromatic heterocycles. The molecule has 0 aromatic carbocycles. The van der Waals surface area contributed by atoms with E-state index in [0.717, 1.165) is 36.5 Å². The predicted octanol–water partition coefficient (Wildman–Crippen LogP) is 1.44. The summed E-state index contributed by atoms with van der Waals surface area (Å²) in [7, 11) is 1.72. The van der Waals surface area contributed by atoms with Gasteiger partial charge in [0.05, 0.1) is 11.1 Å². The summed E-state index contributed by atoms with van der Waals surface area (Å²) >= 11 is 3.52. The van der Waals surface area contributed by atoms with E-state index in [1.54, 1.807) is 19.6 Å². The Labute approximate surface area is 116 Å². The van der Waals surface area contributed by atoms with Crippen LogP contribution in [0.1, 0.15) is 12.8 Å². The molecule has 1 N–H and O–H groups in total. The highest BCUT2D eigenvalue weighted by Crippen LogP contribution is 2.28. The van der Waals surface area contributed by atoms with Crippen molar-refractivity contribution in [1.29, 1.82) is 0 Å². The minimum Gasteiger partial charge on any atom is -0.383 e. The largest absolute Gasteiger partial charge is 0.383 e. The fourth-order valence-corrected chi connectivity index (χ4v) is 2.74. The first-order valence-corrected chi connectivity index (χ1v) is 7.04. The fraction of sp³-hybridized carbons (Fsp3) is 0.667. The molecule has 1 saturated heterocycles. The van der Waals surface area contributed by atoms with Gasteiger partial charge in [-0.05, 0) is 28.8 Å². The summed E-state index contributed by atoms with van der Waals surface area (Å²) in [6.45, 7) is 3.68. The Hall–Kier alpha value is -0.720. The highest BCUT2D eigenvalue weighted by Gasteiger charge is 2.26. The fourth-order valence-electron chi connectivity index (χ4n) is 2.29. The molecule has 1 fully saturated rings. The van der Waals surface area contributed by atoms with Gasteiger partial charge in [0.2, 0.25) is 0 Å². The predicted molar refractivity (Wildman–Crippen MR) is 74.8 cm³/mol. The number of nitrogens with zero attached hydrogens (tertiary/aromatic N) is 3. The molecule has 2 heterocycles. The Morgan fingerprint density at radius 3 is 3.28 bits per heavy atom. The first-order chi connectivity index (χ1) is 8.83. The molecule has 1 aromatic rings. The molecular formula is C12H19BrN4O. The van der Waals surface area contributed by atoms with Crippen LogP contribution in [0.25, 0.3) is 0 Å². The average Bonchev–Trinajstić information content (AvgIpc) is 2.83. The van der Waals surface area contributed by atoms with E-state index in [0.29, 0.717) is 6.04 Å². The van der Waals surface area contributed by atoms with Gasteiger partial charge in [-0.2, -0.15) is 0 Å². The lowest BCUT2D eigenvalue weighted by molar-refractivity contribution is 0.199. The van der Waals surface area contributed by atoms with Gasteiger partial charge in [-0.25, -0.2) is 9.97 Å². The van der Waals surface area contributed by atoms with Gasteiger partial charge < -0.3 is 15.0 Å². The van der Waals surface area contributed by atoms with Crippen LogP contribution in [-0.2, 0) is 4.74 Å². The Morgan fingerprint density at radius 1 is 1.61 bits per heavy atom. The Bertz CT molecular complexity index is 377. The molecule has 1 unspecified atom stereocenters. The zero-order valence-electron chi connectivity index (χ0n) is 10.6. The molecule has 6 heteroatoms. The summed E-state index contributed by atoms with van der Waals surface area (Å²) in [4.78, 5) is 10.7. The van der Waals surface area contributed by atoms with Gasteiger partial charge in [0.25, 0.3) is 0 Å². The average molecular weight is 315 g/mol. The number of hydrogen-bond acceptors (Lipinski definition) is 5. The maximum Gasteiger partial charge on any atom is 0.146 e. The molecule has 18 heavy (non-hydrogen) atoms. The molecule has 1 aliphatic rings. The van der Waals surface area contributed by atoms with Crippen LogP contribution in [0.5, 0.6) is 0 Å². The lowest BCUT2D eigenvalue weighted by Gasteiger charge is -2.26. The Balaban J connectivity index is 1.93. The second kappa shape index (κ2) is 7.01. The van der Waals surface area contributed by atoms with Crippen molar-refractivity contribution in [2.24, 2.45) is 0 Å². The van der Waals surface area contributed by atoms with Crippen LogP contribution in [0.4, 0.5) is 5.82 Å². The van der Waals surface area contributed by atoms with E-state index in [1.807, 2.05) is 0 Å². The third-order valence-electron chi connectivity index (χ3n) is 3.16. The summed E-state index contributed by atoms with van der Waals surface area (Å²) in [6, 6.07) is 0.507. The summed E-state index contributed by atoms with van der Waals surface area (Å²) in [5.74, 6) is 1.00. The smallest absolute Gasteiger partial charge is 0.146 e. The summed E-state index contributed by atoms with van der Waals surface area (Å²) in [6.07, 6.45) is 5.83. The standard InChI is InChI=1S/C12H19BrN4O/c1-18-6-4-14-7-10-3-2-5-17(10)12-11(13)8-15-9-16-12/h8-10,14H,2-7H2,1H3. The van der Waals surface area contributed by atoms with E-state index < -0.39 is 0 Å². The number of anilines is 1. The third kappa shape index (κ3) is 3.40. The molecule has 0 aliphatic carbocycles. The van der Waals surface area contributed by atoms with Gasteiger partial charge in [-0.1, -0.05) is 0 Å². The molecule has 1 atom stereocenters. The van der Waals surface area contributed by atoms with Crippen LogP contribution < -0.4 is 10.2 Å². The van der Waals surface area contributed by atoms with E-state index in [-0.39, 0.29) is 0 Å². The highest BCUT2D eigenvalue weighted by molar-refractivity contribution is 9.10. The topological polar surface area (TPSA) is 50.3 Å². The molecule has 0 saturated carbocycles. The number of rotatable bonds is 6. The van der Waals surface area contributed by atoms with Crippen molar-refractivity contribution in [3.05, 3.63) is 17.0 Å². The molecule has 5 nitrogen and oxygen atoms in total. The first kappa shape index (κ1) is 13.7. The maximum atomic E-state index is 5.03. The molecule has 0 bridgehead atoms. The molecular weight excluding hydrogens is 296 g/mol. The number of nitrogens with one attached hydrogen (secondary N) is 1. The second-order valence-corrected chi connectivity index (χ2v) is 5.23. The maximum absolute atomic E-state index is 5.03. The Morgan fingerprint density at radius 2 is 2.50 bits per heavy atom. The highest BCUT2D eigenvalue weighted by atomic mass is 79.9. The Kier molecular flexibility index (Phi) is 5.34. The van der Waals surface area contributed by atoms with Gasteiger partial charge in [-0.3, -0.25) is 0 Å². The van der Waals surface area contributed by atoms with Crippen LogP contribution in [0.15, 0.2) is 17.0 Å². The van der Waals surface area contributed by atoms with Crippen molar-refractivity contribution < 1.29 is 4.74 Å². The van der Waals surface area contributed by atoms with Crippen LogP contribution in [0.2, 0.25) is 0 Å². The number of halogens is 1. The van der Waals surface area contributed by atoms with E-state index in [1.165, 1.54) is 12.8 Å². The lowest BCUT2D eigenvalue weighted by atomic mass is 10.2. The van der Waals surface area contributed by atoms with E-state index in [2.05, 4.69) is 36.1 Å². The van der Waals surface area contributed by atoms with Crippen molar-refractivity contribution in [3.63, 3.8) is 0 Å². The van der Waals surface area contributed by atoms with Crippen LogP contribution in [-0.4, -0.2) is 49.4 Å². The van der Waals surface area contributed by atoms with Gasteiger partial charge in [-0.15, -0.1) is 0 Å². The monoisotopic (exact) mass is 314 g/mol. The second-order valence-electron chi connectivity index (χ2n) is 4.38. The van der Waals surface area contributed by atoms with Crippen molar-refractivity contribution in [1.82, 2.24) is 15.3 Å². The first-order valence-electron chi connectivity index (χ1n) is 6.24. The van der Waals surface area contributed by atoms with Crippen LogP contribution in [0, 0.1) is 0 Å². The van der Waals surface area contributed by atoms with Crippen molar-refractivity contribution in [2.45, 2.75) is 18.9 Å².